The largest absolute Gasteiger partial charge is 0.348 e. The van der Waals surface area contributed by atoms with Crippen LogP contribution >= 0.6 is 0 Å². The van der Waals surface area contributed by atoms with Crippen molar-refractivity contribution in [2.75, 3.05) is 26.2 Å². The highest BCUT2D eigenvalue weighted by atomic mass is 16.5. The molecule has 29 heavy (non-hydrogen) atoms. The van der Waals surface area contributed by atoms with E-state index in [1.807, 2.05) is 6.07 Å². The van der Waals surface area contributed by atoms with Crippen molar-refractivity contribution in [1.82, 2.24) is 30.3 Å². The summed E-state index contributed by atoms with van der Waals surface area (Å²) in [4.78, 5) is 26.5. The first-order valence-electron chi connectivity index (χ1n) is 9.65. The third-order valence-corrected chi connectivity index (χ3v) is 4.81. The van der Waals surface area contributed by atoms with E-state index in [9.17, 15) is 4.79 Å². The van der Waals surface area contributed by atoms with E-state index in [-0.39, 0.29) is 17.6 Å². The Balaban J connectivity index is 1.20. The van der Waals surface area contributed by atoms with Crippen molar-refractivity contribution in [1.29, 1.82) is 0 Å². The van der Waals surface area contributed by atoms with Gasteiger partial charge in [-0.2, -0.15) is 4.98 Å². The summed E-state index contributed by atoms with van der Waals surface area (Å²) in [6.45, 7) is 3.44. The van der Waals surface area contributed by atoms with Crippen molar-refractivity contribution < 1.29 is 9.32 Å². The van der Waals surface area contributed by atoms with Gasteiger partial charge in [0.15, 0.2) is 0 Å². The van der Waals surface area contributed by atoms with Gasteiger partial charge in [0.05, 0.1) is 0 Å². The monoisotopic (exact) mass is 390 g/mol. The van der Waals surface area contributed by atoms with E-state index in [2.05, 4.69) is 60.7 Å². The summed E-state index contributed by atoms with van der Waals surface area (Å²) in [7, 11) is 0. The summed E-state index contributed by atoms with van der Waals surface area (Å²) in [6.07, 6.45) is 7.17. The Bertz CT molecular complexity index is 971. The Kier molecular flexibility index (Phi) is 6.01. The number of carbonyl (C=O) groups is 1. The van der Waals surface area contributed by atoms with Gasteiger partial charge in [0.2, 0.25) is 5.82 Å². The quantitative estimate of drug-likeness (QED) is 0.619. The minimum absolute atomic E-state index is 0.0629. The van der Waals surface area contributed by atoms with Gasteiger partial charge in [0.25, 0.3) is 0 Å². The number of hydrogen-bond acceptors (Lipinski definition) is 7. The molecule has 4 rings (SSSR count). The van der Waals surface area contributed by atoms with Crippen LogP contribution in [0.3, 0.4) is 0 Å². The number of hydrogen-bond donors (Lipinski definition) is 1. The maximum atomic E-state index is 12.2. The molecule has 1 aliphatic heterocycles. The van der Waals surface area contributed by atoms with E-state index in [1.165, 1.54) is 17.5 Å². The number of nitrogens with zero attached hydrogens (tertiary/aromatic N) is 5. The number of benzene rings is 1. The molecule has 0 aliphatic carbocycles. The van der Waals surface area contributed by atoms with Gasteiger partial charge in [-0.25, -0.2) is 9.97 Å². The fourth-order valence-corrected chi connectivity index (χ4v) is 3.25. The molecular formula is C21H22N6O2. The predicted octanol–water partition coefficient (Wildman–Crippen LogP) is 2.44. The molecule has 1 aliphatic rings. The Morgan fingerprint density at radius 2 is 2.10 bits per heavy atom. The second-order valence-corrected chi connectivity index (χ2v) is 6.77. The Hall–Kier alpha value is -3.39. The molecule has 0 spiro atoms. The van der Waals surface area contributed by atoms with Gasteiger partial charge in [-0.15, -0.1) is 0 Å². The highest BCUT2D eigenvalue weighted by Gasteiger charge is 2.17. The summed E-state index contributed by atoms with van der Waals surface area (Å²) in [5, 5.41) is 6.62. The van der Waals surface area contributed by atoms with E-state index in [1.54, 1.807) is 12.3 Å². The van der Waals surface area contributed by atoms with E-state index >= 15 is 0 Å². The minimum atomic E-state index is -0.372. The second-order valence-electron chi connectivity index (χ2n) is 6.77. The first-order chi connectivity index (χ1) is 14.3. The van der Waals surface area contributed by atoms with Crippen molar-refractivity contribution >= 4 is 11.5 Å². The average Bonchev–Trinajstić information content (AvgIpc) is 3.29. The fraction of sp³-hybridized carbons (Fsp3) is 0.286. The number of aromatic nitrogens is 4. The lowest BCUT2D eigenvalue weighted by Gasteiger charge is -2.26. The Morgan fingerprint density at radius 3 is 2.86 bits per heavy atom. The minimum Gasteiger partial charge on any atom is -0.348 e. The molecule has 1 aromatic carbocycles. The van der Waals surface area contributed by atoms with Crippen LogP contribution in [0.25, 0.3) is 17.1 Å². The summed E-state index contributed by atoms with van der Waals surface area (Å²) in [6, 6.07) is 12.2. The molecule has 0 saturated carbocycles. The van der Waals surface area contributed by atoms with Crippen molar-refractivity contribution in [3.8, 4) is 11.5 Å². The van der Waals surface area contributed by atoms with Crippen LogP contribution < -0.4 is 5.32 Å². The zero-order valence-electron chi connectivity index (χ0n) is 16.0. The number of rotatable bonds is 7. The highest BCUT2D eigenvalue weighted by Crippen LogP contribution is 2.21. The van der Waals surface area contributed by atoms with Crippen LogP contribution in [0, 0.1) is 0 Å². The van der Waals surface area contributed by atoms with E-state index in [0.29, 0.717) is 12.2 Å². The van der Waals surface area contributed by atoms with Crippen LogP contribution in [-0.2, 0) is 0 Å². The maximum Gasteiger partial charge on any atom is 0.316 e. The van der Waals surface area contributed by atoms with Gasteiger partial charge in [0, 0.05) is 32.4 Å². The van der Waals surface area contributed by atoms with Gasteiger partial charge in [-0.1, -0.05) is 41.6 Å². The standard InChI is InChI=1S/C21H22N6O2/c28-20(21-25-19(26-29-21)18-7-11-22-15-24-18)23-10-4-12-27-13-8-17(9-14-27)16-5-2-1-3-6-16/h1-3,5-8,11,15H,4,9-10,12-14H2,(H,23,28). The van der Waals surface area contributed by atoms with Crippen molar-refractivity contribution in [3.63, 3.8) is 0 Å². The van der Waals surface area contributed by atoms with Gasteiger partial charge >= 0.3 is 11.8 Å². The van der Waals surface area contributed by atoms with Crippen LogP contribution in [0.15, 0.2) is 59.5 Å². The number of nitrogens with one attached hydrogen (secondary N) is 1. The molecule has 8 heteroatoms. The van der Waals surface area contributed by atoms with Gasteiger partial charge in [0.1, 0.15) is 12.0 Å². The molecule has 1 N–H and O–H groups in total. The number of amides is 1. The van der Waals surface area contributed by atoms with Gasteiger partial charge in [-0.3, -0.25) is 9.69 Å². The van der Waals surface area contributed by atoms with Crippen LogP contribution in [0.2, 0.25) is 0 Å². The average molecular weight is 390 g/mol. The Morgan fingerprint density at radius 1 is 1.21 bits per heavy atom. The topological polar surface area (TPSA) is 97.0 Å². The summed E-state index contributed by atoms with van der Waals surface area (Å²) in [5.74, 6) is -0.165. The molecule has 0 unspecified atom stereocenters. The van der Waals surface area contributed by atoms with E-state index in [4.69, 9.17) is 4.52 Å². The fourth-order valence-electron chi connectivity index (χ4n) is 3.25. The zero-order valence-corrected chi connectivity index (χ0v) is 16.0. The van der Waals surface area contributed by atoms with E-state index in [0.717, 1.165) is 32.5 Å². The predicted molar refractivity (Wildman–Crippen MR) is 108 cm³/mol. The molecule has 148 valence electrons. The Labute approximate surface area is 168 Å². The number of carbonyl (C=O) groups excluding carboxylic acids is 1. The van der Waals surface area contributed by atoms with Crippen LogP contribution in [-0.4, -0.2) is 57.1 Å². The van der Waals surface area contributed by atoms with Crippen LogP contribution in [0.4, 0.5) is 0 Å². The molecule has 0 atom stereocenters. The maximum absolute atomic E-state index is 12.2. The van der Waals surface area contributed by atoms with Crippen LogP contribution in [0.1, 0.15) is 29.1 Å². The molecule has 0 fully saturated rings. The first-order valence-corrected chi connectivity index (χ1v) is 9.65. The molecule has 2 aromatic heterocycles. The molecule has 8 nitrogen and oxygen atoms in total. The zero-order chi connectivity index (χ0) is 19.9. The molecule has 0 saturated heterocycles. The molecular weight excluding hydrogens is 368 g/mol. The summed E-state index contributed by atoms with van der Waals surface area (Å²) < 4.78 is 5.03. The molecule has 3 heterocycles. The van der Waals surface area contributed by atoms with E-state index < -0.39 is 0 Å². The van der Waals surface area contributed by atoms with Gasteiger partial charge in [-0.05, 0) is 30.0 Å². The third-order valence-electron chi connectivity index (χ3n) is 4.81. The molecule has 0 radical (unpaired) electrons. The van der Waals surface area contributed by atoms with Crippen molar-refractivity contribution in [2.45, 2.75) is 12.8 Å². The smallest absolute Gasteiger partial charge is 0.316 e. The molecule has 1 amide bonds. The molecule has 3 aromatic rings. The second kappa shape index (κ2) is 9.20. The highest BCUT2D eigenvalue weighted by molar-refractivity contribution is 5.89. The lowest BCUT2D eigenvalue weighted by atomic mass is 9.99. The normalized spacial score (nSPS) is 14.4. The van der Waals surface area contributed by atoms with Gasteiger partial charge < -0.3 is 9.84 Å². The first kappa shape index (κ1) is 18.9. The lowest BCUT2D eigenvalue weighted by Crippen LogP contribution is -2.32. The summed E-state index contributed by atoms with van der Waals surface area (Å²) >= 11 is 0. The molecule has 0 bridgehead atoms. The van der Waals surface area contributed by atoms with Crippen molar-refractivity contribution in [3.05, 3.63) is 66.5 Å². The van der Waals surface area contributed by atoms with Crippen molar-refractivity contribution in [2.24, 2.45) is 0 Å². The summed E-state index contributed by atoms with van der Waals surface area (Å²) in [5.41, 5.74) is 3.22. The lowest BCUT2D eigenvalue weighted by molar-refractivity contribution is 0.0908. The van der Waals surface area contributed by atoms with Crippen LogP contribution in [0.5, 0.6) is 0 Å². The SMILES string of the molecule is O=C(NCCCN1CC=C(c2ccccc2)CC1)c1nc(-c2ccncn2)no1. The third kappa shape index (κ3) is 4.91.